The molecule has 0 spiro atoms. The van der Waals surface area contributed by atoms with Crippen molar-refractivity contribution in [2.45, 2.75) is 89.6 Å². The summed E-state index contributed by atoms with van der Waals surface area (Å²) >= 11 is 0. The van der Waals surface area contributed by atoms with Gasteiger partial charge in [-0.15, -0.1) is 0 Å². The second-order valence-electron chi connectivity index (χ2n) is 15.5. The fourth-order valence-electron chi connectivity index (χ4n) is 8.49. The zero-order valence-electron chi connectivity index (χ0n) is 33.6. The molecule has 0 radical (unpaired) electrons. The monoisotopic (exact) mass is 774 g/mol. The van der Waals surface area contributed by atoms with Gasteiger partial charge in [-0.05, 0) is 100 Å². The van der Waals surface area contributed by atoms with Crippen molar-refractivity contribution in [3.63, 3.8) is 0 Å². The molecule has 1 fully saturated rings. The van der Waals surface area contributed by atoms with E-state index in [1.165, 1.54) is 33.4 Å². The summed E-state index contributed by atoms with van der Waals surface area (Å²) in [7, 11) is 1.71. The third-order valence-electron chi connectivity index (χ3n) is 11.6. The summed E-state index contributed by atoms with van der Waals surface area (Å²) in [4.78, 5) is 0. The molecule has 2 aliphatic rings. The van der Waals surface area contributed by atoms with Gasteiger partial charge in [0.2, 0.25) is 0 Å². The van der Waals surface area contributed by atoms with Crippen LogP contribution >= 0.6 is 0 Å². The van der Waals surface area contributed by atoms with Gasteiger partial charge in [-0.2, -0.15) is 0 Å². The molecular weight excluding hydrogens is 721 g/mol. The SMILES string of the molecule is COc1ccc(Cc2cc(C3O[C@H](COCc4ccccc4)[C@@H](OCc4ccccc4)[C@H](OCc4ccccc4)[C@H]3OCc3ccccc3)c3c(c2C)CCC3)cc1. The molecule has 6 aromatic carbocycles. The Hall–Kier alpha value is -5.08. The maximum Gasteiger partial charge on any atom is 0.118 e. The Morgan fingerprint density at radius 3 is 1.59 bits per heavy atom. The van der Waals surface area contributed by atoms with Crippen molar-refractivity contribution in [2.75, 3.05) is 13.7 Å². The van der Waals surface area contributed by atoms with Crippen molar-refractivity contribution in [1.82, 2.24) is 0 Å². The van der Waals surface area contributed by atoms with Gasteiger partial charge in [-0.1, -0.05) is 140 Å². The van der Waals surface area contributed by atoms with E-state index in [-0.39, 0.29) is 0 Å². The van der Waals surface area contributed by atoms with E-state index in [0.717, 1.165) is 53.7 Å². The van der Waals surface area contributed by atoms with Gasteiger partial charge in [0.25, 0.3) is 0 Å². The molecule has 0 N–H and O–H groups in total. The Morgan fingerprint density at radius 1 is 0.534 bits per heavy atom. The molecule has 6 aromatic rings. The van der Waals surface area contributed by atoms with Gasteiger partial charge < -0.3 is 28.4 Å². The summed E-state index contributed by atoms with van der Waals surface area (Å²) in [6.07, 6.45) is 1.61. The van der Waals surface area contributed by atoms with Crippen molar-refractivity contribution in [2.24, 2.45) is 0 Å². The van der Waals surface area contributed by atoms with Crippen molar-refractivity contribution < 1.29 is 28.4 Å². The fraction of sp³-hybridized carbons (Fsp3) is 0.308. The lowest BCUT2D eigenvalue weighted by molar-refractivity contribution is -0.275. The number of methoxy groups -OCH3 is 1. The third-order valence-corrected chi connectivity index (χ3v) is 11.6. The number of benzene rings is 6. The van der Waals surface area contributed by atoms with Gasteiger partial charge in [-0.25, -0.2) is 0 Å². The molecule has 298 valence electrons. The van der Waals surface area contributed by atoms with E-state index in [2.05, 4.69) is 97.9 Å². The number of fused-ring (bicyclic) bond motifs is 1. The second kappa shape index (κ2) is 19.6. The Bertz CT molecular complexity index is 2160. The third kappa shape index (κ3) is 9.78. The van der Waals surface area contributed by atoms with Crippen molar-refractivity contribution in [3.8, 4) is 5.75 Å². The van der Waals surface area contributed by atoms with E-state index >= 15 is 0 Å². The number of ether oxygens (including phenoxy) is 6. The van der Waals surface area contributed by atoms with Crippen molar-refractivity contribution in [1.29, 1.82) is 0 Å². The van der Waals surface area contributed by atoms with E-state index in [1.54, 1.807) is 7.11 Å². The molecule has 6 nitrogen and oxygen atoms in total. The zero-order chi connectivity index (χ0) is 39.5. The molecule has 1 aliphatic carbocycles. The predicted molar refractivity (Wildman–Crippen MR) is 228 cm³/mol. The number of hydrogen-bond donors (Lipinski definition) is 0. The van der Waals surface area contributed by atoms with E-state index in [1.807, 2.05) is 60.7 Å². The van der Waals surface area contributed by atoms with Crippen LogP contribution in [0.2, 0.25) is 0 Å². The molecule has 0 amide bonds. The van der Waals surface area contributed by atoms with Gasteiger partial charge in [-0.3, -0.25) is 0 Å². The van der Waals surface area contributed by atoms with Crippen LogP contribution in [0.5, 0.6) is 5.75 Å². The first-order valence-corrected chi connectivity index (χ1v) is 20.6. The van der Waals surface area contributed by atoms with Crippen LogP contribution in [0.25, 0.3) is 0 Å². The quantitative estimate of drug-likeness (QED) is 0.0920. The minimum absolute atomic E-state index is 0.328. The van der Waals surface area contributed by atoms with Crippen LogP contribution in [-0.2, 0) is 69.4 Å². The second-order valence-corrected chi connectivity index (χ2v) is 15.5. The van der Waals surface area contributed by atoms with Crippen LogP contribution in [0.3, 0.4) is 0 Å². The molecule has 1 unspecified atom stereocenters. The highest BCUT2D eigenvalue weighted by Gasteiger charge is 2.50. The van der Waals surface area contributed by atoms with E-state index in [0.29, 0.717) is 33.0 Å². The zero-order valence-corrected chi connectivity index (χ0v) is 33.6. The lowest BCUT2D eigenvalue weighted by Gasteiger charge is -2.47. The Morgan fingerprint density at radius 2 is 1.03 bits per heavy atom. The highest BCUT2D eigenvalue weighted by atomic mass is 16.6. The molecule has 1 heterocycles. The lowest BCUT2D eigenvalue weighted by atomic mass is 9.84. The van der Waals surface area contributed by atoms with Gasteiger partial charge in [0.05, 0.1) is 40.1 Å². The maximum atomic E-state index is 7.42. The Kier molecular flexibility index (Phi) is 13.4. The smallest absolute Gasteiger partial charge is 0.118 e. The summed E-state index contributed by atoms with van der Waals surface area (Å²) in [5.41, 5.74) is 12.3. The van der Waals surface area contributed by atoms with Crippen LogP contribution in [0.4, 0.5) is 0 Å². The molecule has 8 rings (SSSR count). The molecule has 1 aliphatic heterocycles. The highest BCUT2D eigenvalue weighted by molar-refractivity contribution is 5.51. The molecule has 58 heavy (non-hydrogen) atoms. The van der Waals surface area contributed by atoms with Crippen LogP contribution in [0, 0.1) is 6.92 Å². The number of rotatable bonds is 17. The van der Waals surface area contributed by atoms with Crippen molar-refractivity contribution in [3.05, 3.63) is 207 Å². The molecule has 0 saturated carbocycles. The van der Waals surface area contributed by atoms with Crippen molar-refractivity contribution >= 4 is 0 Å². The van der Waals surface area contributed by atoms with Crippen LogP contribution in [-0.4, -0.2) is 38.1 Å². The summed E-state index contributed by atoms with van der Waals surface area (Å²) in [6.45, 7) is 4.29. The van der Waals surface area contributed by atoms with Gasteiger partial charge in [0, 0.05) is 0 Å². The van der Waals surface area contributed by atoms with Gasteiger partial charge in [0.15, 0.2) is 0 Å². The standard InChI is InChI=1S/C52H54O6/c1-37-43(30-38-26-28-44(53-2)29-27-38)31-47(46-25-15-24-45(37)46)49-51(56-34-41-20-11-5-12-21-41)52(57-35-42-22-13-6-14-23-42)50(55-33-40-18-9-4-10-19-40)48(58-49)36-54-32-39-16-7-3-8-17-39/h3-14,16-23,26-29,31,48-52H,15,24-25,30,32-36H2,1-2H3/t48-,49?,50-,51+,52+/m1/s1. The molecule has 5 atom stereocenters. The van der Waals surface area contributed by atoms with Gasteiger partial charge >= 0.3 is 0 Å². The lowest BCUT2D eigenvalue weighted by Crippen LogP contribution is -2.58. The molecule has 1 saturated heterocycles. The van der Waals surface area contributed by atoms with Crippen LogP contribution < -0.4 is 4.74 Å². The minimum Gasteiger partial charge on any atom is -0.497 e. The molecular formula is C52H54O6. The molecule has 6 heteroatoms. The average molecular weight is 775 g/mol. The largest absolute Gasteiger partial charge is 0.497 e. The predicted octanol–water partition coefficient (Wildman–Crippen LogP) is 10.5. The van der Waals surface area contributed by atoms with E-state index in [9.17, 15) is 0 Å². The maximum absolute atomic E-state index is 7.42. The number of hydrogen-bond acceptors (Lipinski definition) is 6. The highest BCUT2D eigenvalue weighted by Crippen LogP contribution is 2.43. The minimum atomic E-state index is -0.492. The van der Waals surface area contributed by atoms with Crippen LogP contribution in [0.1, 0.15) is 68.2 Å². The fourth-order valence-corrected chi connectivity index (χ4v) is 8.49. The first kappa shape index (κ1) is 39.7. The average Bonchev–Trinajstić information content (AvgIpc) is 3.78. The van der Waals surface area contributed by atoms with E-state index in [4.69, 9.17) is 28.4 Å². The summed E-state index contributed by atoms with van der Waals surface area (Å²) in [6, 6.07) is 52.1. The van der Waals surface area contributed by atoms with Gasteiger partial charge in [0.1, 0.15) is 36.3 Å². The Labute approximate surface area is 343 Å². The first-order valence-electron chi connectivity index (χ1n) is 20.6. The first-order chi connectivity index (χ1) is 28.6. The normalized spacial score (nSPS) is 20.1. The summed E-state index contributed by atoms with van der Waals surface area (Å²) in [5.74, 6) is 0.857. The molecule has 0 bridgehead atoms. The van der Waals surface area contributed by atoms with Crippen LogP contribution in [0.15, 0.2) is 152 Å². The summed E-state index contributed by atoms with van der Waals surface area (Å²) in [5, 5.41) is 0. The summed E-state index contributed by atoms with van der Waals surface area (Å²) < 4.78 is 40.6. The van der Waals surface area contributed by atoms with E-state index < -0.39 is 30.5 Å². The molecule has 0 aromatic heterocycles. The Balaban J connectivity index is 1.21. The topological polar surface area (TPSA) is 55.4 Å².